The zero-order valence-electron chi connectivity index (χ0n) is 11.3. The van der Waals surface area contributed by atoms with E-state index >= 15 is 0 Å². The van der Waals surface area contributed by atoms with E-state index < -0.39 is 5.97 Å². The van der Waals surface area contributed by atoms with E-state index in [0.29, 0.717) is 6.54 Å². The Balaban J connectivity index is 2.54. The number of amides is 2. The summed E-state index contributed by atoms with van der Waals surface area (Å²) in [5.74, 6) is -1.02. The summed E-state index contributed by atoms with van der Waals surface area (Å²) in [5, 5.41) is 12.3. The molecule has 0 fully saturated rings. The predicted molar refractivity (Wildman–Crippen MR) is 73.2 cm³/mol. The highest BCUT2D eigenvalue weighted by atomic mass is 32.1. The number of hydrogen-bond acceptors (Lipinski definition) is 4. The number of thiazole rings is 1. The van der Waals surface area contributed by atoms with Gasteiger partial charge in [-0.1, -0.05) is 6.92 Å². The molecule has 7 heteroatoms. The lowest BCUT2D eigenvalue weighted by atomic mass is 10.3. The number of aryl methyl sites for hydroxylation is 1. The minimum absolute atomic E-state index is 0.168. The molecule has 0 saturated carbocycles. The summed E-state index contributed by atoms with van der Waals surface area (Å²) in [6, 6.07) is -0.552. The summed E-state index contributed by atoms with van der Waals surface area (Å²) in [6.07, 6.45) is 2.71. The van der Waals surface area contributed by atoms with Gasteiger partial charge < -0.3 is 15.3 Å². The van der Waals surface area contributed by atoms with Gasteiger partial charge in [-0.05, 0) is 20.3 Å². The smallest absolute Gasteiger partial charge is 0.323 e. The molecular weight excluding hydrogens is 266 g/mol. The third kappa shape index (κ3) is 4.86. The van der Waals surface area contributed by atoms with E-state index in [9.17, 15) is 9.59 Å². The first-order valence-electron chi connectivity index (χ1n) is 6.13. The Morgan fingerprint density at radius 3 is 2.68 bits per heavy atom. The van der Waals surface area contributed by atoms with Gasteiger partial charge in [0.15, 0.2) is 0 Å². The van der Waals surface area contributed by atoms with Crippen LogP contribution >= 0.6 is 11.3 Å². The molecule has 0 bridgehead atoms. The van der Waals surface area contributed by atoms with Crippen molar-refractivity contribution in [2.45, 2.75) is 39.8 Å². The molecule has 1 aromatic heterocycles. The molecule has 0 aliphatic heterocycles. The molecule has 0 radical (unpaired) electrons. The fourth-order valence-electron chi connectivity index (χ4n) is 1.48. The van der Waals surface area contributed by atoms with Crippen LogP contribution < -0.4 is 5.32 Å². The second-order valence-corrected chi connectivity index (χ2v) is 5.55. The van der Waals surface area contributed by atoms with Crippen molar-refractivity contribution in [3.05, 3.63) is 16.1 Å². The number of aromatic nitrogens is 1. The Morgan fingerprint density at radius 1 is 1.53 bits per heavy atom. The largest absolute Gasteiger partial charge is 0.480 e. The Hall–Kier alpha value is -1.63. The van der Waals surface area contributed by atoms with Crippen LogP contribution in [0.4, 0.5) is 4.79 Å². The third-order valence-corrected chi connectivity index (χ3v) is 3.67. The number of carboxylic acids is 1. The molecule has 0 aromatic carbocycles. The molecular formula is C12H19N3O3S. The normalized spacial score (nSPS) is 10.5. The number of nitrogens with one attached hydrogen (secondary N) is 1. The SMILES string of the molecule is CCc1cnc(CNC(=O)N(CC(=O)O)C(C)C)s1. The fourth-order valence-corrected chi connectivity index (χ4v) is 2.28. The average Bonchev–Trinajstić information content (AvgIpc) is 2.80. The highest BCUT2D eigenvalue weighted by Crippen LogP contribution is 2.13. The summed E-state index contributed by atoms with van der Waals surface area (Å²) in [6.45, 7) is 5.62. The zero-order chi connectivity index (χ0) is 14.4. The van der Waals surface area contributed by atoms with Crippen molar-refractivity contribution in [1.29, 1.82) is 0 Å². The first-order valence-corrected chi connectivity index (χ1v) is 6.95. The summed E-state index contributed by atoms with van der Waals surface area (Å²) < 4.78 is 0. The molecule has 1 rings (SSSR count). The van der Waals surface area contributed by atoms with E-state index in [1.165, 1.54) is 4.90 Å². The van der Waals surface area contributed by atoms with Gasteiger partial charge in [0.1, 0.15) is 11.6 Å². The third-order valence-electron chi connectivity index (χ3n) is 2.53. The summed E-state index contributed by atoms with van der Waals surface area (Å²) in [4.78, 5) is 29.2. The Bertz CT molecular complexity index is 445. The first kappa shape index (κ1) is 15.4. The average molecular weight is 285 g/mol. The minimum atomic E-state index is -1.02. The Kier molecular flexibility index (Phi) is 5.75. The molecule has 0 atom stereocenters. The van der Waals surface area contributed by atoms with E-state index in [1.807, 2.05) is 6.92 Å². The van der Waals surface area contributed by atoms with E-state index in [4.69, 9.17) is 5.11 Å². The monoisotopic (exact) mass is 285 g/mol. The second-order valence-electron chi connectivity index (χ2n) is 4.35. The minimum Gasteiger partial charge on any atom is -0.480 e. The number of aliphatic carboxylic acids is 1. The number of urea groups is 1. The van der Waals surface area contributed by atoms with Crippen LogP contribution in [0, 0.1) is 0 Å². The van der Waals surface area contributed by atoms with Crippen LogP contribution in [0.15, 0.2) is 6.20 Å². The molecule has 1 aromatic rings. The van der Waals surface area contributed by atoms with Gasteiger partial charge in [0.05, 0.1) is 6.54 Å². The molecule has 6 nitrogen and oxygen atoms in total. The lowest BCUT2D eigenvalue weighted by Crippen LogP contribution is -2.46. The van der Waals surface area contributed by atoms with Crippen molar-refractivity contribution in [1.82, 2.24) is 15.2 Å². The van der Waals surface area contributed by atoms with Gasteiger partial charge in [0, 0.05) is 17.1 Å². The molecule has 19 heavy (non-hydrogen) atoms. The highest BCUT2D eigenvalue weighted by molar-refractivity contribution is 7.11. The number of carbonyl (C=O) groups excluding carboxylic acids is 1. The van der Waals surface area contributed by atoms with Crippen LogP contribution in [-0.4, -0.2) is 39.6 Å². The molecule has 2 N–H and O–H groups in total. The van der Waals surface area contributed by atoms with E-state index in [1.54, 1.807) is 31.4 Å². The standard InChI is InChI=1S/C12H19N3O3S/c1-4-9-5-13-10(19-9)6-14-12(18)15(8(2)3)7-11(16)17/h5,8H,4,6-7H2,1-3H3,(H,14,18)(H,16,17). The second kappa shape index (κ2) is 7.08. The summed E-state index contributed by atoms with van der Waals surface area (Å²) in [7, 11) is 0. The Labute approximate surface area is 116 Å². The quantitative estimate of drug-likeness (QED) is 0.833. The maximum absolute atomic E-state index is 11.9. The highest BCUT2D eigenvalue weighted by Gasteiger charge is 2.19. The van der Waals surface area contributed by atoms with Crippen molar-refractivity contribution in [2.75, 3.05) is 6.54 Å². The van der Waals surface area contributed by atoms with E-state index in [2.05, 4.69) is 10.3 Å². The summed E-state index contributed by atoms with van der Waals surface area (Å²) >= 11 is 1.55. The number of carbonyl (C=O) groups is 2. The van der Waals surface area contributed by atoms with Crippen LogP contribution in [-0.2, 0) is 17.8 Å². The lowest BCUT2D eigenvalue weighted by Gasteiger charge is -2.24. The Morgan fingerprint density at radius 2 is 2.21 bits per heavy atom. The van der Waals surface area contributed by atoms with Gasteiger partial charge in [-0.15, -0.1) is 11.3 Å². The number of hydrogen-bond donors (Lipinski definition) is 2. The molecule has 0 spiro atoms. The molecule has 0 saturated heterocycles. The van der Waals surface area contributed by atoms with Crippen molar-refractivity contribution in [3.63, 3.8) is 0 Å². The molecule has 2 amide bonds. The summed E-state index contributed by atoms with van der Waals surface area (Å²) in [5.41, 5.74) is 0. The topological polar surface area (TPSA) is 82.5 Å². The molecule has 1 heterocycles. The van der Waals surface area contributed by atoms with Crippen molar-refractivity contribution in [2.24, 2.45) is 0 Å². The lowest BCUT2D eigenvalue weighted by molar-refractivity contribution is -0.138. The zero-order valence-corrected chi connectivity index (χ0v) is 12.2. The number of rotatable bonds is 6. The molecule has 0 aliphatic rings. The predicted octanol–water partition coefficient (Wildman–Crippen LogP) is 1.71. The van der Waals surface area contributed by atoms with Gasteiger partial charge in [0.2, 0.25) is 0 Å². The van der Waals surface area contributed by atoms with E-state index in [-0.39, 0.29) is 18.6 Å². The van der Waals surface area contributed by atoms with Crippen molar-refractivity contribution in [3.8, 4) is 0 Å². The van der Waals surface area contributed by atoms with Crippen LogP contribution in [0.5, 0.6) is 0 Å². The van der Waals surface area contributed by atoms with Crippen LogP contribution in [0.25, 0.3) is 0 Å². The van der Waals surface area contributed by atoms with Gasteiger partial charge in [-0.25, -0.2) is 9.78 Å². The van der Waals surface area contributed by atoms with Crippen molar-refractivity contribution < 1.29 is 14.7 Å². The maximum Gasteiger partial charge on any atom is 0.323 e. The van der Waals surface area contributed by atoms with Crippen LogP contribution in [0.1, 0.15) is 30.7 Å². The number of nitrogens with zero attached hydrogens (tertiary/aromatic N) is 2. The van der Waals surface area contributed by atoms with Gasteiger partial charge in [-0.2, -0.15) is 0 Å². The molecule has 0 aliphatic carbocycles. The number of carboxylic acid groups (broad SMARTS) is 1. The maximum atomic E-state index is 11.9. The van der Waals surface area contributed by atoms with E-state index in [0.717, 1.165) is 16.3 Å². The molecule has 0 unspecified atom stereocenters. The van der Waals surface area contributed by atoms with Crippen LogP contribution in [0.2, 0.25) is 0 Å². The fraction of sp³-hybridized carbons (Fsp3) is 0.583. The van der Waals surface area contributed by atoms with Crippen LogP contribution in [0.3, 0.4) is 0 Å². The van der Waals surface area contributed by atoms with Gasteiger partial charge in [-0.3, -0.25) is 4.79 Å². The first-order chi connectivity index (χ1) is 8.93. The van der Waals surface area contributed by atoms with Gasteiger partial charge in [0.25, 0.3) is 0 Å². The van der Waals surface area contributed by atoms with Gasteiger partial charge >= 0.3 is 12.0 Å². The molecule has 106 valence electrons. The van der Waals surface area contributed by atoms with Crippen molar-refractivity contribution >= 4 is 23.3 Å².